The second-order valence-electron chi connectivity index (χ2n) is 4.85. The summed E-state index contributed by atoms with van der Waals surface area (Å²) in [6.45, 7) is 8.95. The van der Waals surface area contributed by atoms with Crippen molar-refractivity contribution in [3.8, 4) is 0 Å². The number of likely N-dealkylation sites (N-methyl/N-ethyl adjacent to an activating group) is 1. The first-order valence-corrected chi connectivity index (χ1v) is 7.79. The van der Waals surface area contributed by atoms with Crippen LogP contribution in [0.2, 0.25) is 0 Å². The van der Waals surface area contributed by atoms with E-state index in [4.69, 9.17) is 5.11 Å². The van der Waals surface area contributed by atoms with E-state index < -0.39 is 5.97 Å². The maximum Gasteiger partial charge on any atom is 0.328 e. The van der Waals surface area contributed by atoms with Crippen LogP contribution in [0.15, 0.2) is 12.3 Å². The van der Waals surface area contributed by atoms with Gasteiger partial charge in [-0.15, -0.1) is 11.3 Å². The molecule has 0 bridgehead atoms. The highest BCUT2D eigenvalue weighted by molar-refractivity contribution is 7.12. The van der Waals surface area contributed by atoms with Crippen LogP contribution in [-0.2, 0) is 11.2 Å². The van der Waals surface area contributed by atoms with Crippen molar-refractivity contribution in [2.45, 2.75) is 13.3 Å². The van der Waals surface area contributed by atoms with Crippen LogP contribution in [0.3, 0.4) is 0 Å². The minimum Gasteiger partial charge on any atom is -0.478 e. The lowest BCUT2D eigenvalue weighted by atomic mass is 10.3. The first-order chi connectivity index (χ1) is 9.67. The van der Waals surface area contributed by atoms with Crippen LogP contribution >= 0.6 is 11.3 Å². The van der Waals surface area contributed by atoms with Gasteiger partial charge in [-0.3, -0.25) is 0 Å². The molecule has 0 unspecified atom stereocenters. The Bertz CT molecular complexity index is 465. The van der Waals surface area contributed by atoms with Crippen LogP contribution in [-0.4, -0.2) is 65.1 Å². The van der Waals surface area contributed by atoms with Crippen LogP contribution < -0.4 is 0 Å². The van der Waals surface area contributed by atoms with Crippen LogP contribution in [0, 0.1) is 0 Å². The van der Waals surface area contributed by atoms with E-state index in [0.717, 1.165) is 61.7 Å². The molecule has 0 aromatic carbocycles. The molecule has 0 atom stereocenters. The number of hydrogen-bond donors (Lipinski definition) is 1. The molecule has 2 heterocycles. The fourth-order valence-electron chi connectivity index (χ4n) is 2.25. The van der Waals surface area contributed by atoms with Gasteiger partial charge >= 0.3 is 5.97 Å². The standard InChI is InChI=1S/C14H21N3O2S/c1-2-16-7-9-17(10-8-16)6-5-13-15-11-12(20-13)3-4-14(18)19/h3-4,11H,2,5-10H2,1H3,(H,18,19)/b4-3+. The Morgan fingerprint density at radius 2 is 2.10 bits per heavy atom. The number of aromatic nitrogens is 1. The number of hydrogen-bond acceptors (Lipinski definition) is 5. The highest BCUT2D eigenvalue weighted by atomic mass is 32.1. The number of carboxylic acid groups (broad SMARTS) is 1. The number of nitrogens with zero attached hydrogens (tertiary/aromatic N) is 3. The van der Waals surface area contributed by atoms with E-state index in [-0.39, 0.29) is 0 Å². The predicted molar refractivity (Wildman–Crippen MR) is 81.0 cm³/mol. The molecule has 0 radical (unpaired) electrons. The Morgan fingerprint density at radius 1 is 1.40 bits per heavy atom. The molecule has 6 heteroatoms. The molecule has 20 heavy (non-hydrogen) atoms. The summed E-state index contributed by atoms with van der Waals surface area (Å²) >= 11 is 1.57. The average Bonchev–Trinajstić information content (AvgIpc) is 2.91. The molecule has 1 aliphatic rings. The van der Waals surface area contributed by atoms with Gasteiger partial charge in [0.15, 0.2) is 0 Å². The minimum atomic E-state index is -0.922. The van der Waals surface area contributed by atoms with Gasteiger partial charge in [0.05, 0.1) is 5.01 Å². The fraction of sp³-hybridized carbons (Fsp3) is 0.571. The van der Waals surface area contributed by atoms with Crippen molar-refractivity contribution in [3.05, 3.63) is 22.2 Å². The second kappa shape index (κ2) is 7.52. The number of piperazine rings is 1. The zero-order valence-corrected chi connectivity index (χ0v) is 12.6. The number of rotatable bonds is 6. The minimum absolute atomic E-state index is 0.901. The second-order valence-corrected chi connectivity index (χ2v) is 6.00. The molecule has 110 valence electrons. The van der Waals surface area contributed by atoms with Crippen molar-refractivity contribution in [3.63, 3.8) is 0 Å². The van der Waals surface area contributed by atoms with Crippen molar-refractivity contribution in [2.24, 2.45) is 0 Å². The summed E-state index contributed by atoms with van der Waals surface area (Å²) < 4.78 is 0. The Labute approximate surface area is 123 Å². The molecule has 1 N–H and O–H groups in total. The van der Waals surface area contributed by atoms with Crippen LogP contribution in [0.5, 0.6) is 0 Å². The number of carboxylic acids is 1. The Hall–Kier alpha value is -1.24. The smallest absolute Gasteiger partial charge is 0.328 e. The Balaban J connectivity index is 1.76. The molecular formula is C14H21N3O2S. The first-order valence-electron chi connectivity index (χ1n) is 6.98. The third-order valence-corrected chi connectivity index (χ3v) is 4.54. The predicted octanol–water partition coefficient (Wildman–Crippen LogP) is 1.42. The normalized spacial score (nSPS) is 17.9. The average molecular weight is 295 g/mol. The number of aliphatic carboxylic acids is 1. The summed E-state index contributed by atoms with van der Waals surface area (Å²) in [4.78, 5) is 20.6. The zero-order chi connectivity index (χ0) is 14.4. The Morgan fingerprint density at radius 3 is 2.75 bits per heavy atom. The van der Waals surface area contributed by atoms with Gasteiger partial charge in [0.2, 0.25) is 0 Å². The monoisotopic (exact) mass is 295 g/mol. The molecule has 2 rings (SSSR count). The zero-order valence-electron chi connectivity index (χ0n) is 11.8. The summed E-state index contributed by atoms with van der Waals surface area (Å²) in [6.07, 6.45) is 5.44. The van der Waals surface area contributed by atoms with Gasteiger partial charge < -0.3 is 14.9 Å². The SMILES string of the molecule is CCN1CCN(CCc2ncc(/C=C/C(=O)O)s2)CC1. The van der Waals surface area contributed by atoms with Crippen molar-refractivity contribution in [2.75, 3.05) is 39.3 Å². The number of carbonyl (C=O) groups is 1. The lowest BCUT2D eigenvalue weighted by Crippen LogP contribution is -2.46. The third kappa shape index (κ3) is 4.70. The van der Waals surface area contributed by atoms with E-state index in [0.29, 0.717) is 0 Å². The van der Waals surface area contributed by atoms with E-state index in [1.165, 1.54) is 0 Å². The molecule has 5 nitrogen and oxygen atoms in total. The first kappa shape index (κ1) is 15.2. The molecule has 1 aromatic rings. The summed E-state index contributed by atoms with van der Waals surface area (Å²) in [5, 5.41) is 9.66. The molecule has 1 aliphatic heterocycles. The highest BCUT2D eigenvalue weighted by Gasteiger charge is 2.15. The van der Waals surface area contributed by atoms with Crippen LogP contribution in [0.25, 0.3) is 6.08 Å². The van der Waals surface area contributed by atoms with Crippen molar-refractivity contribution in [1.29, 1.82) is 0 Å². The molecule has 1 fully saturated rings. The Kier molecular flexibility index (Phi) is 5.70. The van der Waals surface area contributed by atoms with Gasteiger partial charge in [0.1, 0.15) is 0 Å². The maximum atomic E-state index is 10.4. The van der Waals surface area contributed by atoms with Gasteiger partial charge in [0, 0.05) is 56.3 Å². The summed E-state index contributed by atoms with van der Waals surface area (Å²) in [7, 11) is 0. The van der Waals surface area contributed by atoms with Crippen LogP contribution in [0.1, 0.15) is 16.8 Å². The molecular weight excluding hydrogens is 274 g/mol. The van der Waals surface area contributed by atoms with E-state index in [2.05, 4.69) is 21.7 Å². The van der Waals surface area contributed by atoms with Gasteiger partial charge in [-0.2, -0.15) is 0 Å². The van der Waals surface area contributed by atoms with E-state index in [9.17, 15) is 4.79 Å². The molecule has 1 aromatic heterocycles. The van der Waals surface area contributed by atoms with Crippen LogP contribution in [0.4, 0.5) is 0 Å². The van der Waals surface area contributed by atoms with Gasteiger partial charge in [-0.1, -0.05) is 6.92 Å². The molecule has 0 amide bonds. The molecule has 0 saturated carbocycles. The van der Waals surface area contributed by atoms with E-state index >= 15 is 0 Å². The van der Waals surface area contributed by atoms with Gasteiger partial charge in [0.25, 0.3) is 0 Å². The van der Waals surface area contributed by atoms with Gasteiger partial charge in [-0.05, 0) is 12.6 Å². The summed E-state index contributed by atoms with van der Waals surface area (Å²) in [5.41, 5.74) is 0. The topological polar surface area (TPSA) is 56.7 Å². The van der Waals surface area contributed by atoms with E-state index in [1.807, 2.05) is 0 Å². The molecule has 0 spiro atoms. The maximum absolute atomic E-state index is 10.4. The van der Waals surface area contributed by atoms with Crippen molar-refractivity contribution >= 4 is 23.4 Å². The lowest BCUT2D eigenvalue weighted by molar-refractivity contribution is -0.131. The van der Waals surface area contributed by atoms with E-state index in [1.54, 1.807) is 23.6 Å². The highest BCUT2D eigenvalue weighted by Crippen LogP contribution is 2.15. The lowest BCUT2D eigenvalue weighted by Gasteiger charge is -2.33. The molecule has 1 saturated heterocycles. The number of thiazole rings is 1. The van der Waals surface area contributed by atoms with Crippen molar-refractivity contribution in [1.82, 2.24) is 14.8 Å². The van der Waals surface area contributed by atoms with Gasteiger partial charge in [-0.25, -0.2) is 9.78 Å². The van der Waals surface area contributed by atoms with Crippen molar-refractivity contribution < 1.29 is 9.90 Å². The largest absolute Gasteiger partial charge is 0.478 e. The molecule has 0 aliphatic carbocycles. The summed E-state index contributed by atoms with van der Waals surface area (Å²) in [5.74, 6) is -0.922. The fourth-order valence-corrected chi connectivity index (χ4v) is 3.07. The summed E-state index contributed by atoms with van der Waals surface area (Å²) in [6, 6.07) is 0. The third-order valence-electron chi connectivity index (χ3n) is 3.52. The quantitative estimate of drug-likeness (QED) is 0.804.